The van der Waals surface area contributed by atoms with Crippen molar-refractivity contribution in [3.05, 3.63) is 60.2 Å². The molecule has 0 saturated heterocycles. The summed E-state index contributed by atoms with van der Waals surface area (Å²) in [6, 6.07) is 8.07. The Morgan fingerprint density at radius 3 is 2.50 bits per heavy atom. The zero-order chi connectivity index (χ0) is 13.2. The predicted octanol–water partition coefficient (Wildman–Crippen LogP) is 4.59. The van der Waals surface area contributed by atoms with E-state index in [4.69, 9.17) is 0 Å². The van der Waals surface area contributed by atoms with E-state index in [9.17, 15) is 5.11 Å². The molecule has 1 unspecified atom stereocenters. The van der Waals surface area contributed by atoms with Gasteiger partial charge in [-0.2, -0.15) is 0 Å². The minimum atomic E-state index is -0.552. The van der Waals surface area contributed by atoms with Gasteiger partial charge >= 0.3 is 0 Å². The molecule has 1 atom stereocenters. The molecule has 0 aromatic heterocycles. The first-order valence-corrected chi connectivity index (χ1v) is 6.82. The molecule has 0 aliphatic rings. The second kappa shape index (κ2) is 8.71. The Morgan fingerprint density at radius 2 is 1.89 bits per heavy atom. The number of unbranched alkanes of at least 4 members (excludes halogenated alkanes) is 3. The summed E-state index contributed by atoms with van der Waals surface area (Å²) < 4.78 is 0. The third-order valence-electron chi connectivity index (χ3n) is 3.04. The molecule has 0 aliphatic carbocycles. The number of rotatable bonds is 8. The van der Waals surface area contributed by atoms with Gasteiger partial charge in [-0.15, -0.1) is 6.58 Å². The van der Waals surface area contributed by atoms with Gasteiger partial charge in [0.2, 0.25) is 0 Å². The molecule has 0 heterocycles. The third-order valence-corrected chi connectivity index (χ3v) is 3.04. The van der Waals surface area contributed by atoms with E-state index in [1.165, 1.54) is 31.2 Å². The first-order chi connectivity index (χ1) is 8.77. The summed E-state index contributed by atoms with van der Waals surface area (Å²) in [6.07, 6.45) is 11.5. The molecule has 0 saturated carbocycles. The molecule has 0 spiro atoms. The smallest absolute Gasteiger partial charge is 0.0969 e. The Labute approximate surface area is 111 Å². The lowest BCUT2D eigenvalue weighted by Crippen LogP contribution is -1.92. The highest BCUT2D eigenvalue weighted by molar-refractivity contribution is 5.27. The Kier molecular flexibility index (Phi) is 7.12. The van der Waals surface area contributed by atoms with Crippen molar-refractivity contribution in [1.29, 1.82) is 0 Å². The predicted molar refractivity (Wildman–Crippen MR) is 78.6 cm³/mol. The maximum atomic E-state index is 9.58. The van der Waals surface area contributed by atoms with E-state index in [2.05, 4.69) is 37.8 Å². The minimum absolute atomic E-state index is 0.552. The van der Waals surface area contributed by atoms with Crippen molar-refractivity contribution in [2.24, 2.45) is 0 Å². The normalized spacial score (nSPS) is 12.8. The lowest BCUT2D eigenvalue weighted by molar-refractivity contribution is 0.229. The summed E-state index contributed by atoms with van der Waals surface area (Å²) in [5.74, 6) is 0. The van der Waals surface area contributed by atoms with Crippen molar-refractivity contribution in [3.63, 3.8) is 0 Å². The quantitative estimate of drug-likeness (QED) is 0.524. The van der Waals surface area contributed by atoms with Gasteiger partial charge in [0.1, 0.15) is 0 Å². The summed E-state index contributed by atoms with van der Waals surface area (Å²) in [7, 11) is 0. The van der Waals surface area contributed by atoms with Gasteiger partial charge in [0.05, 0.1) is 6.10 Å². The SMILES string of the molecule is C=CC(O)c1ccc(C/C=C/CCCCC)cc1. The van der Waals surface area contributed by atoms with Crippen LogP contribution in [0.3, 0.4) is 0 Å². The standard InChI is InChI=1S/C17H24O/c1-3-5-6-7-8-9-10-15-11-13-16(14-12-15)17(18)4-2/h4,8-9,11-14,17-18H,2-3,5-7,10H2,1H3/b9-8+. The van der Waals surface area contributed by atoms with Crippen LogP contribution in [0.5, 0.6) is 0 Å². The van der Waals surface area contributed by atoms with Crippen molar-refractivity contribution in [3.8, 4) is 0 Å². The Morgan fingerprint density at radius 1 is 1.17 bits per heavy atom. The van der Waals surface area contributed by atoms with Crippen molar-refractivity contribution in [1.82, 2.24) is 0 Å². The molecule has 18 heavy (non-hydrogen) atoms. The molecule has 1 aromatic carbocycles. The second-order valence-corrected chi connectivity index (χ2v) is 4.59. The Hall–Kier alpha value is -1.34. The van der Waals surface area contributed by atoms with Gasteiger partial charge in [0.25, 0.3) is 0 Å². The van der Waals surface area contributed by atoms with Crippen LogP contribution < -0.4 is 0 Å². The van der Waals surface area contributed by atoms with Gasteiger partial charge in [-0.05, 0) is 30.4 Å². The van der Waals surface area contributed by atoms with Crippen molar-refractivity contribution >= 4 is 0 Å². The molecule has 1 aromatic rings. The van der Waals surface area contributed by atoms with Crippen molar-refractivity contribution in [2.75, 3.05) is 0 Å². The monoisotopic (exact) mass is 244 g/mol. The Bertz CT molecular complexity index is 362. The fraction of sp³-hybridized carbons (Fsp3) is 0.412. The highest BCUT2D eigenvalue weighted by Crippen LogP contribution is 2.14. The lowest BCUT2D eigenvalue weighted by atomic mass is 10.0. The Balaban J connectivity index is 2.37. The van der Waals surface area contributed by atoms with Crippen LogP contribution in [0.2, 0.25) is 0 Å². The molecule has 0 aliphatic heterocycles. The van der Waals surface area contributed by atoms with Gasteiger partial charge < -0.3 is 5.11 Å². The van der Waals surface area contributed by atoms with E-state index in [1.807, 2.05) is 12.1 Å². The zero-order valence-corrected chi connectivity index (χ0v) is 11.3. The molecule has 1 nitrogen and oxygen atoms in total. The van der Waals surface area contributed by atoms with Gasteiger partial charge in [0.15, 0.2) is 0 Å². The van der Waals surface area contributed by atoms with E-state index in [1.54, 1.807) is 6.08 Å². The van der Waals surface area contributed by atoms with Crippen LogP contribution >= 0.6 is 0 Å². The number of hydrogen-bond donors (Lipinski definition) is 1. The summed E-state index contributed by atoms with van der Waals surface area (Å²) in [4.78, 5) is 0. The first-order valence-electron chi connectivity index (χ1n) is 6.82. The van der Waals surface area contributed by atoms with E-state index in [0.29, 0.717) is 0 Å². The number of benzene rings is 1. The van der Waals surface area contributed by atoms with Gasteiger partial charge in [-0.1, -0.05) is 62.3 Å². The number of aliphatic hydroxyl groups excluding tert-OH is 1. The fourth-order valence-corrected chi connectivity index (χ4v) is 1.84. The summed E-state index contributed by atoms with van der Waals surface area (Å²) in [5, 5.41) is 9.58. The average Bonchev–Trinajstić information content (AvgIpc) is 2.42. The van der Waals surface area contributed by atoms with E-state index >= 15 is 0 Å². The number of allylic oxidation sites excluding steroid dienone is 2. The molecule has 98 valence electrons. The highest BCUT2D eigenvalue weighted by atomic mass is 16.3. The van der Waals surface area contributed by atoms with Gasteiger partial charge in [0, 0.05) is 0 Å². The number of hydrogen-bond acceptors (Lipinski definition) is 1. The van der Waals surface area contributed by atoms with Crippen LogP contribution in [0.4, 0.5) is 0 Å². The van der Waals surface area contributed by atoms with Crippen LogP contribution in [0.25, 0.3) is 0 Å². The average molecular weight is 244 g/mol. The molecular weight excluding hydrogens is 220 g/mol. The van der Waals surface area contributed by atoms with Crippen LogP contribution in [0.15, 0.2) is 49.1 Å². The summed E-state index contributed by atoms with van der Waals surface area (Å²) in [5.41, 5.74) is 2.18. The zero-order valence-electron chi connectivity index (χ0n) is 11.3. The van der Waals surface area contributed by atoms with Gasteiger partial charge in [-0.3, -0.25) is 0 Å². The molecular formula is C17H24O. The highest BCUT2D eigenvalue weighted by Gasteiger charge is 2.01. The maximum Gasteiger partial charge on any atom is 0.0969 e. The summed E-state index contributed by atoms with van der Waals surface area (Å²) >= 11 is 0. The van der Waals surface area contributed by atoms with Crippen LogP contribution in [0, 0.1) is 0 Å². The van der Waals surface area contributed by atoms with Crippen LogP contribution in [-0.2, 0) is 6.42 Å². The van der Waals surface area contributed by atoms with E-state index in [0.717, 1.165) is 12.0 Å². The topological polar surface area (TPSA) is 20.2 Å². The van der Waals surface area contributed by atoms with Crippen LogP contribution in [-0.4, -0.2) is 5.11 Å². The molecule has 1 N–H and O–H groups in total. The van der Waals surface area contributed by atoms with Crippen molar-refractivity contribution < 1.29 is 5.11 Å². The largest absolute Gasteiger partial charge is 0.384 e. The molecule has 1 rings (SSSR count). The van der Waals surface area contributed by atoms with E-state index < -0.39 is 6.10 Å². The number of aliphatic hydroxyl groups is 1. The summed E-state index contributed by atoms with van der Waals surface area (Å²) in [6.45, 7) is 5.81. The molecule has 1 heteroatoms. The van der Waals surface area contributed by atoms with Crippen LogP contribution in [0.1, 0.15) is 49.8 Å². The van der Waals surface area contributed by atoms with Crippen molar-refractivity contribution in [2.45, 2.75) is 45.1 Å². The first kappa shape index (κ1) is 14.7. The fourth-order valence-electron chi connectivity index (χ4n) is 1.84. The van der Waals surface area contributed by atoms with E-state index in [-0.39, 0.29) is 0 Å². The molecule has 0 radical (unpaired) electrons. The minimum Gasteiger partial charge on any atom is -0.384 e. The molecule has 0 bridgehead atoms. The lowest BCUT2D eigenvalue weighted by Gasteiger charge is -2.05. The third kappa shape index (κ3) is 5.33. The molecule has 0 amide bonds. The van der Waals surface area contributed by atoms with Gasteiger partial charge in [-0.25, -0.2) is 0 Å². The maximum absolute atomic E-state index is 9.58. The second-order valence-electron chi connectivity index (χ2n) is 4.59. The molecule has 0 fully saturated rings.